The predicted molar refractivity (Wildman–Crippen MR) is 135 cm³/mol. The van der Waals surface area contributed by atoms with E-state index in [2.05, 4.69) is 47.7 Å². The van der Waals surface area contributed by atoms with Crippen LogP contribution in [0.25, 0.3) is 22.5 Å². The van der Waals surface area contributed by atoms with Crippen LogP contribution in [-0.2, 0) is 11.2 Å². The minimum atomic E-state index is -0.196. The zero-order valence-corrected chi connectivity index (χ0v) is 19.6. The molecule has 1 aromatic heterocycles. The number of esters is 1. The maximum absolute atomic E-state index is 12.0. The molecule has 0 saturated heterocycles. The molecular formula is C29H34N2O2. The van der Waals surface area contributed by atoms with E-state index in [1.54, 1.807) is 12.1 Å². The fraction of sp³-hybridized carbons (Fsp3) is 0.345. The van der Waals surface area contributed by atoms with Crippen molar-refractivity contribution in [2.45, 2.75) is 64.7 Å². The van der Waals surface area contributed by atoms with Crippen molar-refractivity contribution in [1.82, 2.24) is 9.97 Å². The first-order chi connectivity index (χ1) is 16.2. The lowest BCUT2D eigenvalue weighted by molar-refractivity contribution is -0.134. The number of benzene rings is 2. The average Bonchev–Trinajstić information content (AvgIpc) is 2.85. The highest BCUT2D eigenvalue weighted by Gasteiger charge is 2.07. The molecule has 4 nitrogen and oxygen atoms in total. The van der Waals surface area contributed by atoms with Crippen LogP contribution in [0.15, 0.2) is 73.6 Å². The molecule has 0 aliphatic rings. The van der Waals surface area contributed by atoms with E-state index < -0.39 is 0 Å². The van der Waals surface area contributed by atoms with E-state index in [-0.39, 0.29) is 5.97 Å². The maximum atomic E-state index is 12.0. The Morgan fingerprint density at radius 1 is 0.848 bits per heavy atom. The van der Waals surface area contributed by atoms with Gasteiger partial charge in [0.1, 0.15) is 5.75 Å². The van der Waals surface area contributed by atoms with Crippen molar-refractivity contribution < 1.29 is 9.53 Å². The van der Waals surface area contributed by atoms with E-state index in [9.17, 15) is 4.79 Å². The summed E-state index contributed by atoms with van der Waals surface area (Å²) >= 11 is 0. The van der Waals surface area contributed by atoms with Crippen LogP contribution < -0.4 is 4.74 Å². The monoisotopic (exact) mass is 442 g/mol. The summed E-state index contributed by atoms with van der Waals surface area (Å²) in [5.74, 6) is 0.999. The number of rotatable bonds is 13. The SMILES string of the molecule is C=CCCCCCC(=O)Oc1ccc(-c2ncc(-c3ccc(CCCCC)cc3)cn2)cc1. The third kappa shape index (κ3) is 7.98. The Bertz CT molecular complexity index is 993. The molecule has 172 valence electrons. The van der Waals surface area contributed by atoms with Gasteiger partial charge in [0.15, 0.2) is 5.82 Å². The van der Waals surface area contributed by atoms with Gasteiger partial charge in [0, 0.05) is 29.9 Å². The van der Waals surface area contributed by atoms with Crippen LogP contribution in [0.1, 0.15) is 63.9 Å². The molecule has 0 radical (unpaired) electrons. The molecule has 33 heavy (non-hydrogen) atoms. The number of carbonyl (C=O) groups is 1. The fourth-order valence-electron chi connectivity index (χ4n) is 3.66. The quantitative estimate of drug-likeness (QED) is 0.118. The van der Waals surface area contributed by atoms with E-state index in [1.165, 1.54) is 24.8 Å². The molecule has 0 unspecified atom stereocenters. The van der Waals surface area contributed by atoms with Crippen molar-refractivity contribution in [2.24, 2.45) is 0 Å². The topological polar surface area (TPSA) is 52.1 Å². The average molecular weight is 443 g/mol. The van der Waals surface area contributed by atoms with E-state index in [1.807, 2.05) is 30.6 Å². The lowest BCUT2D eigenvalue weighted by Gasteiger charge is -2.07. The standard InChI is InChI=1S/C29H34N2O2/c1-3-5-7-8-10-12-28(32)33-27-19-17-25(18-20-27)29-30-21-26(22-31-29)24-15-13-23(14-16-24)11-9-6-4-2/h3,13-22H,1,4-12H2,2H3. The molecular weight excluding hydrogens is 408 g/mol. The molecule has 0 spiro atoms. The molecule has 0 aliphatic heterocycles. The van der Waals surface area contributed by atoms with Crippen LogP contribution in [0, 0.1) is 0 Å². The van der Waals surface area contributed by atoms with Gasteiger partial charge in [0.05, 0.1) is 0 Å². The van der Waals surface area contributed by atoms with Crippen LogP contribution in [0.5, 0.6) is 5.75 Å². The molecule has 0 atom stereocenters. The molecule has 2 aromatic carbocycles. The summed E-state index contributed by atoms with van der Waals surface area (Å²) in [6, 6.07) is 16.0. The zero-order chi connectivity index (χ0) is 23.3. The smallest absolute Gasteiger partial charge is 0.311 e. The summed E-state index contributed by atoms with van der Waals surface area (Å²) in [4.78, 5) is 21.1. The Kier molecular flexibility index (Phi) is 9.84. The van der Waals surface area contributed by atoms with E-state index in [0.29, 0.717) is 18.0 Å². The minimum Gasteiger partial charge on any atom is -0.427 e. The largest absolute Gasteiger partial charge is 0.427 e. The number of carbonyl (C=O) groups excluding carboxylic acids is 1. The Hall–Kier alpha value is -3.27. The number of hydrogen-bond acceptors (Lipinski definition) is 4. The first-order valence-electron chi connectivity index (χ1n) is 12.0. The molecule has 3 aromatic rings. The second kappa shape index (κ2) is 13.3. The van der Waals surface area contributed by atoms with Crippen LogP contribution >= 0.6 is 0 Å². The third-order valence-corrected chi connectivity index (χ3v) is 5.64. The first kappa shape index (κ1) is 24.4. The van der Waals surface area contributed by atoms with Crippen LogP contribution in [-0.4, -0.2) is 15.9 Å². The predicted octanol–water partition coefficient (Wildman–Crippen LogP) is 7.59. The van der Waals surface area contributed by atoms with Crippen molar-refractivity contribution in [3.63, 3.8) is 0 Å². The Morgan fingerprint density at radius 2 is 1.55 bits per heavy atom. The van der Waals surface area contributed by atoms with Gasteiger partial charge in [-0.25, -0.2) is 9.97 Å². The van der Waals surface area contributed by atoms with Crippen molar-refractivity contribution in [3.05, 3.63) is 79.1 Å². The van der Waals surface area contributed by atoms with Gasteiger partial charge >= 0.3 is 5.97 Å². The highest BCUT2D eigenvalue weighted by atomic mass is 16.5. The summed E-state index contributed by atoms with van der Waals surface area (Å²) in [5.41, 5.74) is 4.38. The Balaban J connectivity index is 1.53. The maximum Gasteiger partial charge on any atom is 0.311 e. The van der Waals surface area contributed by atoms with E-state index >= 15 is 0 Å². The molecule has 0 amide bonds. The van der Waals surface area contributed by atoms with Crippen molar-refractivity contribution in [2.75, 3.05) is 0 Å². The van der Waals surface area contributed by atoms with Crippen molar-refractivity contribution in [1.29, 1.82) is 0 Å². The third-order valence-electron chi connectivity index (χ3n) is 5.64. The molecule has 0 fully saturated rings. The molecule has 0 bridgehead atoms. The molecule has 3 rings (SSSR count). The van der Waals surface area contributed by atoms with Gasteiger partial charge in [-0.05, 0) is 67.5 Å². The second-order valence-corrected chi connectivity index (χ2v) is 8.34. The second-order valence-electron chi connectivity index (χ2n) is 8.34. The summed E-state index contributed by atoms with van der Waals surface area (Å²) in [7, 11) is 0. The molecule has 0 aliphatic carbocycles. The van der Waals surface area contributed by atoms with Gasteiger partial charge in [-0.1, -0.05) is 56.5 Å². The Labute approximate surface area is 197 Å². The molecule has 4 heteroatoms. The highest BCUT2D eigenvalue weighted by Crippen LogP contribution is 2.23. The van der Waals surface area contributed by atoms with Crippen molar-refractivity contribution in [3.8, 4) is 28.3 Å². The number of aromatic nitrogens is 2. The summed E-state index contributed by atoms with van der Waals surface area (Å²) in [6.07, 6.45) is 14.8. The number of hydrogen-bond donors (Lipinski definition) is 0. The van der Waals surface area contributed by atoms with Crippen LogP contribution in [0.2, 0.25) is 0 Å². The zero-order valence-electron chi connectivity index (χ0n) is 19.6. The molecule has 0 saturated carbocycles. The van der Waals surface area contributed by atoms with Gasteiger partial charge in [-0.15, -0.1) is 6.58 Å². The number of ether oxygens (including phenoxy) is 1. The number of unbranched alkanes of at least 4 members (excludes halogenated alkanes) is 5. The van der Waals surface area contributed by atoms with E-state index in [4.69, 9.17) is 4.74 Å². The van der Waals surface area contributed by atoms with Gasteiger partial charge in [-0.2, -0.15) is 0 Å². The number of aryl methyl sites for hydroxylation is 1. The van der Waals surface area contributed by atoms with Crippen LogP contribution in [0.4, 0.5) is 0 Å². The first-order valence-corrected chi connectivity index (χ1v) is 12.0. The number of allylic oxidation sites excluding steroid dienone is 1. The van der Waals surface area contributed by atoms with Gasteiger partial charge in [0.2, 0.25) is 0 Å². The van der Waals surface area contributed by atoms with Gasteiger partial charge < -0.3 is 4.74 Å². The minimum absolute atomic E-state index is 0.196. The van der Waals surface area contributed by atoms with E-state index in [0.717, 1.165) is 48.8 Å². The highest BCUT2D eigenvalue weighted by molar-refractivity contribution is 5.72. The summed E-state index contributed by atoms with van der Waals surface area (Å²) < 4.78 is 5.43. The van der Waals surface area contributed by atoms with Crippen molar-refractivity contribution >= 4 is 5.97 Å². The molecule has 0 N–H and O–H groups in total. The fourth-order valence-corrected chi connectivity index (χ4v) is 3.66. The Morgan fingerprint density at radius 3 is 2.21 bits per heavy atom. The lowest BCUT2D eigenvalue weighted by Crippen LogP contribution is -2.07. The van der Waals surface area contributed by atoms with Gasteiger partial charge in [-0.3, -0.25) is 4.79 Å². The van der Waals surface area contributed by atoms with Crippen LogP contribution in [0.3, 0.4) is 0 Å². The summed E-state index contributed by atoms with van der Waals surface area (Å²) in [6.45, 7) is 5.94. The molecule has 1 heterocycles. The summed E-state index contributed by atoms with van der Waals surface area (Å²) in [5, 5.41) is 0. The lowest BCUT2D eigenvalue weighted by atomic mass is 10.0. The number of nitrogens with zero attached hydrogens (tertiary/aromatic N) is 2. The normalized spacial score (nSPS) is 10.7. The van der Waals surface area contributed by atoms with Gasteiger partial charge in [0.25, 0.3) is 0 Å².